The van der Waals surface area contributed by atoms with Crippen LogP contribution in [0.2, 0.25) is 0 Å². The van der Waals surface area contributed by atoms with Crippen molar-refractivity contribution in [3.8, 4) is 22.8 Å². The van der Waals surface area contributed by atoms with Crippen LogP contribution in [0.1, 0.15) is 0 Å². The van der Waals surface area contributed by atoms with Gasteiger partial charge in [-0.3, -0.25) is 9.97 Å². The summed E-state index contributed by atoms with van der Waals surface area (Å²) in [6.07, 6.45) is 5.04. The summed E-state index contributed by atoms with van der Waals surface area (Å²) in [5.41, 5.74) is 3.16. The van der Waals surface area contributed by atoms with Crippen LogP contribution < -0.4 is 15.4 Å². The third-order valence-corrected chi connectivity index (χ3v) is 4.92. The van der Waals surface area contributed by atoms with Gasteiger partial charge >= 0.3 is 6.03 Å². The van der Waals surface area contributed by atoms with Crippen LogP contribution in [0.25, 0.3) is 22.3 Å². The summed E-state index contributed by atoms with van der Waals surface area (Å²) >= 11 is 0. The van der Waals surface area contributed by atoms with Crippen molar-refractivity contribution in [1.29, 1.82) is 0 Å². The number of nitrogens with zero attached hydrogens (tertiary/aromatic N) is 3. The van der Waals surface area contributed by atoms with E-state index in [4.69, 9.17) is 4.74 Å². The number of anilines is 2. The zero-order valence-electron chi connectivity index (χ0n) is 18.1. The molecule has 0 saturated carbocycles. The minimum atomic E-state index is -0.656. The van der Waals surface area contributed by atoms with E-state index in [1.165, 1.54) is 36.4 Å². The number of hydrogen-bond acceptors (Lipinski definition) is 5. The Kier molecular flexibility index (Phi) is 5.96. The van der Waals surface area contributed by atoms with E-state index in [1.807, 2.05) is 12.1 Å². The summed E-state index contributed by atoms with van der Waals surface area (Å²) < 4.78 is 33.4. The molecule has 2 heterocycles. The third kappa shape index (κ3) is 5.36. The second-order valence-electron chi connectivity index (χ2n) is 7.51. The number of rotatable bonds is 5. The molecule has 172 valence electrons. The summed E-state index contributed by atoms with van der Waals surface area (Å²) in [6, 6.07) is 17.4. The molecule has 3 aromatic carbocycles. The lowest BCUT2D eigenvalue weighted by Gasteiger charge is -2.11. The standard InChI is InChI=1S/C26H17F2N5O2/c27-17-4-1-5-19(9-17)31-26(34)32-20-10-18(28)11-22(12-20)35-21-6-7-23-24(13-21)33-25(15-30-23)16-3-2-8-29-14-16/h1-15H,(H2,31,32,34). The molecule has 0 aliphatic carbocycles. The molecule has 0 bridgehead atoms. The maximum absolute atomic E-state index is 14.2. The topological polar surface area (TPSA) is 89.0 Å². The maximum atomic E-state index is 14.2. The summed E-state index contributed by atoms with van der Waals surface area (Å²) in [5.74, 6) is -0.516. The highest BCUT2D eigenvalue weighted by molar-refractivity contribution is 5.99. The fourth-order valence-corrected chi connectivity index (χ4v) is 3.40. The van der Waals surface area contributed by atoms with Gasteiger partial charge in [-0.05, 0) is 48.5 Å². The van der Waals surface area contributed by atoms with E-state index in [0.717, 1.165) is 11.6 Å². The van der Waals surface area contributed by atoms with Crippen molar-refractivity contribution in [3.05, 3.63) is 103 Å². The number of fused-ring (bicyclic) bond motifs is 1. The maximum Gasteiger partial charge on any atom is 0.323 e. The van der Waals surface area contributed by atoms with Crippen molar-refractivity contribution in [1.82, 2.24) is 15.0 Å². The number of halogens is 2. The van der Waals surface area contributed by atoms with Gasteiger partial charge < -0.3 is 15.4 Å². The van der Waals surface area contributed by atoms with Crippen LogP contribution in [0.3, 0.4) is 0 Å². The first kappa shape index (κ1) is 21.9. The lowest BCUT2D eigenvalue weighted by molar-refractivity contribution is 0.262. The molecule has 5 aromatic rings. The van der Waals surface area contributed by atoms with Gasteiger partial charge in [-0.2, -0.15) is 0 Å². The van der Waals surface area contributed by atoms with Gasteiger partial charge in [0.15, 0.2) is 0 Å². The molecule has 2 aromatic heterocycles. The molecule has 0 aliphatic heterocycles. The Bertz CT molecular complexity index is 1530. The molecule has 0 unspecified atom stereocenters. The van der Waals surface area contributed by atoms with Crippen molar-refractivity contribution in [2.45, 2.75) is 0 Å². The first-order chi connectivity index (χ1) is 17.0. The van der Waals surface area contributed by atoms with E-state index in [1.54, 1.807) is 36.8 Å². The van der Waals surface area contributed by atoms with Gasteiger partial charge in [0, 0.05) is 47.5 Å². The van der Waals surface area contributed by atoms with E-state index in [-0.39, 0.29) is 17.1 Å². The van der Waals surface area contributed by atoms with Crippen LogP contribution in [0.4, 0.5) is 25.0 Å². The lowest BCUT2D eigenvalue weighted by atomic mass is 10.2. The molecular formula is C26H17F2N5O2. The average Bonchev–Trinajstić information content (AvgIpc) is 2.84. The molecule has 2 N–H and O–H groups in total. The van der Waals surface area contributed by atoms with Gasteiger partial charge in [0.25, 0.3) is 0 Å². The van der Waals surface area contributed by atoms with E-state index in [2.05, 4.69) is 25.6 Å². The molecule has 0 radical (unpaired) electrons. The van der Waals surface area contributed by atoms with Crippen molar-refractivity contribution < 1.29 is 18.3 Å². The molecule has 0 spiro atoms. The molecule has 0 aliphatic rings. The van der Waals surface area contributed by atoms with E-state index < -0.39 is 17.7 Å². The molecule has 2 amide bonds. The Labute approximate surface area is 198 Å². The van der Waals surface area contributed by atoms with Crippen LogP contribution in [-0.2, 0) is 0 Å². The van der Waals surface area contributed by atoms with Gasteiger partial charge in [0.2, 0.25) is 0 Å². The van der Waals surface area contributed by atoms with Crippen LogP contribution in [0.15, 0.2) is 91.4 Å². The predicted molar refractivity (Wildman–Crippen MR) is 128 cm³/mol. The predicted octanol–water partition coefficient (Wildman–Crippen LogP) is 6.41. The second-order valence-corrected chi connectivity index (χ2v) is 7.51. The molecule has 0 saturated heterocycles. The van der Waals surface area contributed by atoms with Crippen molar-refractivity contribution in [3.63, 3.8) is 0 Å². The van der Waals surface area contributed by atoms with E-state index in [9.17, 15) is 13.6 Å². The number of aromatic nitrogens is 3. The summed E-state index contributed by atoms with van der Waals surface area (Å²) in [6.45, 7) is 0. The Hall–Kier alpha value is -4.92. The molecule has 9 heteroatoms. The van der Waals surface area contributed by atoms with Gasteiger partial charge in [-0.15, -0.1) is 0 Å². The Morgan fingerprint density at radius 2 is 1.63 bits per heavy atom. The molecule has 7 nitrogen and oxygen atoms in total. The van der Waals surface area contributed by atoms with E-state index >= 15 is 0 Å². The largest absolute Gasteiger partial charge is 0.457 e. The molecule has 0 fully saturated rings. The average molecular weight is 469 g/mol. The number of amides is 2. The highest BCUT2D eigenvalue weighted by Gasteiger charge is 2.09. The van der Waals surface area contributed by atoms with Gasteiger partial charge in [-0.25, -0.2) is 18.6 Å². The lowest BCUT2D eigenvalue weighted by Crippen LogP contribution is -2.19. The fraction of sp³-hybridized carbons (Fsp3) is 0. The minimum absolute atomic E-state index is 0.161. The van der Waals surface area contributed by atoms with Crippen LogP contribution in [0, 0.1) is 11.6 Å². The first-order valence-electron chi connectivity index (χ1n) is 10.5. The first-order valence-corrected chi connectivity index (χ1v) is 10.5. The normalized spacial score (nSPS) is 10.7. The Balaban J connectivity index is 1.34. The summed E-state index contributed by atoms with van der Waals surface area (Å²) in [7, 11) is 0. The van der Waals surface area contributed by atoms with Crippen LogP contribution in [-0.4, -0.2) is 21.0 Å². The molecular weight excluding hydrogens is 452 g/mol. The van der Waals surface area contributed by atoms with E-state index in [0.29, 0.717) is 22.5 Å². The monoisotopic (exact) mass is 469 g/mol. The summed E-state index contributed by atoms with van der Waals surface area (Å²) in [5, 5.41) is 5.00. The third-order valence-electron chi connectivity index (χ3n) is 4.92. The number of pyridine rings is 1. The molecule has 35 heavy (non-hydrogen) atoms. The van der Waals surface area contributed by atoms with Crippen molar-refractivity contribution in [2.24, 2.45) is 0 Å². The van der Waals surface area contributed by atoms with Gasteiger partial charge in [0.05, 0.1) is 22.9 Å². The highest BCUT2D eigenvalue weighted by atomic mass is 19.1. The number of carbonyl (C=O) groups is 1. The minimum Gasteiger partial charge on any atom is -0.457 e. The van der Waals surface area contributed by atoms with Crippen molar-refractivity contribution in [2.75, 3.05) is 10.6 Å². The Morgan fingerprint density at radius 3 is 2.46 bits per heavy atom. The van der Waals surface area contributed by atoms with Gasteiger partial charge in [0.1, 0.15) is 23.1 Å². The summed E-state index contributed by atoms with van der Waals surface area (Å²) in [4.78, 5) is 25.4. The second kappa shape index (κ2) is 9.52. The van der Waals surface area contributed by atoms with Crippen LogP contribution in [0.5, 0.6) is 11.5 Å². The number of carbonyl (C=O) groups excluding carboxylic acids is 1. The fourth-order valence-electron chi connectivity index (χ4n) is 3.40. The van der Waals surface area contributed by atoms with Crippen LogP contribution >= 0.6 is 0 Å². The zero-order chi connectivity index (χ0) is 24.2. The number of hydrogen-bond donors (Lipinski definition) is 2. The highest BCUT2D eigenvalue weighted by Crippen LogP contribution is 2.28. The van der Waals surface area contributed by atoms with Crippen molar-refractivity contribution >= 4 is 28.4 Å². The number of nitrogens with one attached hydrogen (secondary N) is 2. The number of benzene rings is 3. The smallest absolute Gasteiger partial charge is 0.323 e. The number of ether oxygens (including phenoxy) is 1. The number of urea groups is 1. The molecule has 5 rings (SSSR count). The molecule has 0 atom stereocenters. The van der Waals surface area contributed by atoms with Gasteiger partial charge in [-0.1, -0.05) is 6.07 Å². The zero-order valence-corrected chi connectivity index (χ0v) is 18.1. The quantitative estimate of drug-likeness (QED) is 0.311. The Morgan fingerprint density at radius 1 is 0.771 bits per heavy atom. The SMILES string of the molecule is O=C(Nc1cccc(F)c1)Nc1cc(F)cc(Oc2ccc3ncc(-c4cccnc4)nc3c2)c1.